The number of hydrogen-bond donors (Lipinski definition) is 1. The van der Waals surface area contributed by atoms with Crippen molar-refractivity contribution in [2.45, 2.75) is 32.1 Å². The molecule has 7 heteroatoms. The molecule has 0 saturated carbocycles. The van der Waals surface area contributed by atoms with Gasteiger partial charge in [-0.2, -0.15) is 0 Å². The number of nitrogens with zero attached hydrogens (tertiary/aromatic N) is 2. The van der Waals surface area contributed by atoms with Gasteiger partial charge in [0.1, 0.15) is 6.61 Å². The monoisotopic (exact) mass is 378 g/mol. The second-order valence-electron chi connectivity index (χ2n) is 7.30. The summed E-state index contributed by atoms with van der Waals surface area (Å²) in [5.74, 6) is -0.703. The van der Waals surface area contributed by atoms with Crippen molar-refractivity contribution in [1.82, 2.24) is 9.55 Å². The Hall–Kier alpha value is -2.77. The minimum atomic E-state index is -1.79. The Balaban J connectivity index is 1.80. The highest BCUT2D eigenvalue weighted by Gasteiger charge is 2.45. The molecule has 0 spiro atoms. The molecular formula is C20H18N2O4Si. The first-order valence-corrected chi connectivity index (χ1v) is 10.00. The highest BCUT2D eigenvalue weighted by molar-refractivity contribution is 6.33. The zero-order valence-corrected chi connectivity index (χ0v) is 17.1. The third kappa shape index (κ3) is 2.12. The van der Waals surface area contributed by atoms with Crippen molar-refractivity contribution >= 4 is 32.3 Å². The van der Waals surface area contributed by atoms with Crippen LogP contribution in [0.2, 0.25) is 0 Å². The number of benzene rings is 1. The summed E-state index contributed by atoms with van der Waals surface area (Å²) in [5.41, 5.74) is 1.91. The van der Waals surface area contributed by atoms with Crippen LogP contribution in [0.15, 0.2) is 35.1 Å². The van der Waals surface area contributed by atoms with E-state index < -0.39 is 11.6 Å². The molecule has 3 aromatic rings. The highest BCUT2D eigenvalue weighted by atomic mass is 28.1. The largest absolute Gasteiger partial charge is 0.458 e. The lowest BCUT2D eigenvalue weighted by atomic mass is 9.86. The molecule has 1 N–H and O–H groups in total. The van der Waals surface area contributed by atoms with E-state index in [-0.39, 0.29) is 18.6 Å². The average molecular weight is 378 g/mol. The maximum absolute atomic E-state index is 13.1. The molecule has 27 heavy (non-hydrogen) atoms. The summed E-state index contributed by atoms with van der Waals surface area (Å²) in [6, 6.07) is 10.0. The molecule has 2 aromatic heterocycles. The molecule has 4 heterocycles. The van der Waals surface area contributed by atoms with Crippen LogP contribution in [0.1, 0.15) is 30.0 Å². The molecular weight excluding hydrogens is 360 g/mol. The maximum atomic E-state index is 13.1. The first-order valence-electron chi connectivity index (χ1n) is 9.00. The number of rotatable bonds is 1. The number of cyclic esters (lactones) is 1. The summed E-state index contributed by atoms with van der Waals surface area (Å²) < 4.78 is 6.75. The minimum absolute atomic E-state index is 0.106. The number of ether oxygens (including phenoxy) is 1. The number of esters is 1. The topological polar surface area (TPSA) is 81.4 Å². The van der Waals surface area contributed by atoms with Gasteiger partial charge in [-0.3, -0.25) is 4.79 Å². The Labute approximate surface area is 157 Å². The summed E-state index contributed by atoms with van der Waals surface area (Å²) in [5, 5.41) is 13.2. The van der Waals surface area contributed by atoms with Gasteiger partial charge in [-0.15, -0.1) is 0 Å². The molecule has 0 bridgehead atoms. The lowest BCUT2D eigenvalue weighted by Gasteiger charge is -2.31. The van der Waals surface area contributed by atoms with E-state index in [9.17, 15) is 14.7 Å². The van der Waals surface area contributed by atoms with Gasteiger partial charge in [0.2, 0.25) is 0 Å². The minimum Gasteiger partial charge on any atom is -0.458 e. The molecule has 0 radical (unpaired) electrons. The summed E-state index contributed by atoms with van der Waals surface area (Å²) >= 11 is 0. The summed E-state index contributed by atoms with van der Waals surface area (Å²) in [6.07, 6.45) is 0.142. The Morgan fingerprint density at radius 1 is 1.30 bits per heavy atom. The molecule has 5 rings (SSSR count). The van der Waals surface area contributed by atoms with Crippen LogP contribution in [-0.2, 0) is 28.3 Å². The van der Waals surface area contributed by atoms with E-state index in [1.165, 1.54) is 5.19 Å². The zero-order chi connectivity index (χ0) is 18.9. The standard InChI is InChI=1S/C20H18N2O4Si/c1-2-20(25)14-7-16-17-11(5-10-6-12(27)3-4-15(10)21-17)8-22(16)18(23)13(14)9-26-19(20)24/h3-7,25H,2,8-9H2,1,27H3. The number of hydrogen-bond acceptors (Lipinski definition) is 5. The Morgan fingerprint density at radius 2 is 2.11 bits per heavy atom. The van der Waals surface area contributed by atoms with Crippen LogP contribution in [0.5, 0.6) is 0 Å². The van der Waals surface area contributed by atoms with Gasteiger partial charge in [0.05, 0.1) is 29.0 Å². The molecule has 2 aliphatic rings. The van der Waals surface area contributed by atoms with E-state index in [4.69, 9.17) is 9.72 Å². The number of pyridine rings is 2. The normalized spacial score (nSPS) is 20.3. The second-order valence-corrected chi connectivity index (χ2v) is 8.45. The predicted octanol–water partition coefficient (Wildman–Crippen LogP) is 0.0703. The highest BCUT2D eigenvalue weighted by Crippen LogP contribution is 2.38. The maximum Gasteiger partial charge on any atom is 0.343 e. The van der Waals surface area contributed by atoms with Gasteiger partial charge < -0.3 is 14.4 Å². The summed E-state index contributed by atoms with van der Waals surface area (Å²) in [4.78, 5) is 30.0. The molecule has 1 aromatic carbocycles. The number of carbonyl (C=O) groups excluding carboxylic acids is 1. The van der Waals surface area contributed by atoms with Crippen LogP contribution in [0.4, 0.5) is 0 Å². The summed E-state index contributed by atoms with van der Waals surface area (Å²) in [7, 11) is 0.966. The van der Waals surface area contributed by atoms with Crippen molar-refractivity contribution in [3.05, 3.63) is 57.4 Å². The SMILES string of the molecule is CCC1(O)C(=O)OCc2c1cc1n(c2=O)Cc2cc3cc([SiH3])ccc3nc2-1. The van der Waals surface area contributed by atoms with Gasteiger partial charge in [0, 0.05) is 26.8 Å². The van der Waals surface area contributed by atoms with E-state index >= 15 is 0 Å². The van der Waals surface area contributed by atoms with E-state index in [0.29, 0.717) is 23.4 Å². The van der Waals surface area contributed by atoms with Gasteiger partial charge >= 0.3 is 5.97 Å². The average Bonchev–Trinajstić information content (AvgIpc) is 3.01. The van der Waals surface area contributed by atoms with Crippen molar-refractivity contribution in [2.24, 2.45) is 0 Å². The Kier molecular flexibility index (Phi) is 3.26. The van der Waals surface area contributed by atoms with E-state index in [2.05, 4.69) is 18.2 Å². The molecule has 0 saturated heterocycles. The van der Waals surface area contributed by atoms with Crippen molar-refractivity contribution in [1.29, 1.82) is 0 Å². The van der Waals surface area contributed by atoms with Crippen LogP contribution in [0.3, 0.4) is 0 Å². The van der Waals surface area contributed by atoms with Crippen LogP contribution >= 0.6 is 0 Å². The van der Waals surface area contributed by atoms with Crippen molar-refractivity contribution in [2.75, 3.05) is 0 Å². The number of fused-ring (bicyclic) bond motifs is 5. The van der Waals surface area contributed by atoms with Gasteiger partial charge in [-0.25, -0.2) is 9.78 Å². The van der Waals surface area contributed by atoms with Crippen LogP contribution in [0.25, 0.3) is 22.3 Å². The number of carbonyl (C=O) groups is 1. The van der Waals surface area contributed by atoms with E-state index in [1.807, 2.05) is 6.07 Å². The van der Waals surface area contributed by atoms with Crippen LogP contribution in [-0.4, -0.2) is 30.9 Å². The molecule has 6 nitrogen and oxygen atoms in total. The third-order valence-electron chi connectivity index (χ3n) is 5.66. The Morgan fingerprint density at radius 3 is 2.89 bits per heavy atom. The van der Waals surface area contributed by atoms with E-state index in [0.717, 1.165) is 32.4 Å². The molecule has 0 fully saturated rings. The first kappa shape index (κ1) is 16.4. The lowest BCUT2D eigenvalue weighted by molar-refractivity contribution is -0.172. The molecule has 136 valence electrons. The first-order chi connectivity index (χ1) is 12.9. The quantitative estimate of drug-likeness (QED) is 0.375. The van der Waals surface area contributed by atoms with Crippen LogP contribution < -0.4 is 10.7 Å². The molecule has 0 aliphatic carbocycles. The van der Waals surface area contributed by atoms with Gasteiger partial charge in [0.25, 0.3) is 5.56 Å². The molecule has 1 atom stereocenters. The van der Waals surface area contributed by atoms with Crippen molar-refractivity contribution in [3.63, 3.8) is 0 Å². The van der Waals surface area contributed by atoms with E-state index in [1.54, 1.807) is 17.6 Å². The van der Waals surface area contributed by atoms with Crippen molar-refractivity contribution in [3.8, 4) is 11.4 Å². The van der Waals surface area contributed by atoms with Gasteiger partial charge in [-0.1, -0.05) is 24.2 Å². The smallest absolute Gasteiger partial charge is 0.343 e. The number of aromatic nitrogens is 2. The zero-order valence-electron chi connectivity index (χ0n) is 15.1. The fraction of sp³-hybridized carbons (Fsp3) is 0.250. The molecule has 2 aliphatic heterocycles. The molecule has 1 unspecified atom stereocenters. The Bertz CT molecular complexity index is 1220. The van der Waals surface area contributed by atoms with Gasteiger partial charge in [-0.05, 0) is 24.6 Å². The molecule has 0 amide bonds. The predicted molar refractivity (Wildman–Crippen MR) is 104 cm³/mol. The third-order valence-corrected chi connectivity index (χ3v) is 6.29. The number of aliphatic hydroxyl groups is 1. The van der Waals surface area contributed by atoms with Gasteiger partial charge in [0.15, 0.2) is 5.60 Å². The van der Waals surface area contributed by atoms with Crippen LogP contribution in [0, 0.1) is 0 Å². The van der Waals surface area contributed by atoms with Crippen molar-refractivity contribution < 1.29 is 14.6 Å². The summed E-state index contributed by atoms with van der Waals surface area (Å²) in [6.45, 7) is 2.03. The second kappa shape index (κ2) is 5.37. The fourth-order valence-electron chi connectivity index (χ4n) is 4.11. The fourth-order valence-corrected chi connectivity index (χ4v) is 4.58. The lowest BCUT2D eigenvalue weighted by Crippen LogP contribution is -2.44.